The molecule has 0 radical (unpaired) electrons. The van der Waals surface area contributed by atoms with E-state index in [-0.39, 0.29) is 17.6 Å². The van der Waals surface area contributed by atoms with Crippen LogP contribution in [0.2, 0.25) is 0 Å². The number of nitrogens with two attached hydrogens (primary N) is 1. The fourth-order valence-electron chi connectivity index (χ4n) is 1.24. The molecule has 0 aliphatic heterocycles. The van der Waals surface area contributed by atoms with Crippen molar-refractivity contribution < 1.29 is 0 Å². The second-order valence-corrected chi connectivity index (χ2v) is 3.29. The van der Waals surface area contributed by atoms with Gasteiger partial charge in [0, 0.05) is 24.5 Å². The van der Waals surface area contributed by atoms with Gasteiger partial charge in [-0.2, -0.15) is 0 Å². The van der Waals surface area contributed by atoms with Crippen LogP contribution in [-0.4, -0.2) is 22.1 Å². The van der Waals surface area contributed by atoms with E-state index in [4.69, 9.17) is 5.73 Å². The van der Waals surface area contributed by atoms with E-state index >= 15 is 0 Å². The molecule has 1 heterocycles. The fourth-order valence-corrected chi connectivity index (χ4v) is 1.24. The highest BCUT2D eigenvalue weighted by molar-refractivity contribution is 5.32. The molecule has 0 aromatic carbocycles. The lowest BCUT2D eigenvalue weighted by atomic mass is 10.1. The average Bonchev–Trinajstić information content (AvgIpc) is 2.16. The number of H-pyrrole nitrogens is 1. The van der Waals surface area contributed by atoms with Crippen molar-refractivity contribution in [2.24, 2.45) is 5.73 Å². The molecule has 0 aliphatic rings. The summed E-state index contributed by atoms with van der Waals surface area (Å²) in [5.41, 5.74) is 5.53. The Kier molecular flexibility index (Phi) is 3.64. The Bertz CT molecular complexity index is 334. The number of anilines is 1. The second-order valence-electron chi connectivity index (χ2n) is 3.29. The van der Waals surface area contributed by atoms with Gasteiger partial charge in [0.2, 0.25) is 0 Å². The lowest BCUT2D eigenvalue weighted by Gasteiger charge is -2.20. The van der Waals surface area contributed by atoms with Crippen molar-refractivity contribution in [1.29, 1.82) is 0 Å². The zero-order chi connectivity index (χ0) is 10.6. The molecular formula is C9H16N4O. The molecule has 2 atom stereocenters. The molecule has 2 unspecified atom stereocenters. The van der Waals surface area contributed by atoms with E-state index in [0.29, 0.717) is 5.82 Å². The minimum atomic E-state index is -0.216. The second kappa shape index (κ2) is 4.76. The van der Waals surface area contributed by atoms with Crippen molar-refractivity contribution in [2.45, 2.75) is 32.4 Å². The molecule has 1 aromatic rings. The molecule has 0 aliphatic carbocycles. The smallest absolute Gasteiger partial charge is 0.290 e. The normalized spacial score (nSPS) is 14.8. The molecule has 5 nitrogen and oxygen atoms in total. The van der Waals surface area contributed by atoms with Gasteiger partial charge in [0.15, 0.2) is 5.82 Å². The molecule has 0 fully saturated rings. The van der Waals surface area contributed by atoms with Gasteiger partial charge in [-0.1, -0.05) is 6.92 Å². The third-order valence-electron chi connectivity index (χ3n) is 2.10. The summed E-state index contributed by atoms with van der Waals surface area (Å²) >= 11 is 0. The minimum Gasteiger partial charge on any atom is -0.361 e. The van der Waals surface area contributed by atoms with Gasteiger partial charge >= 0.3 is 0 Å². The summed E-state index contributed by atoms with van der Waals surface area (Å²) in [6.07, 6.45) is 3.89. The predicted molar refractivity (Wildman–Crippen MR) is 56.2 cm³/mol. The monoisotopic (exact) mass is 196 g/mol. The Labute approximate surface area is 82.7 Å². The van der Waals surface area contributed by atoms with Gasteiger partial charge in [0.05, 0.1) is 0 Å². The first-order chi connectivity index (χ1) is 6.65. The number of rotatable bonds is 4. The summed E-state index contributed by atoms with van der Waals surface area (Å²) in [5.74, 6) is 0.330. The highest BCUT2D eigenvalue weighted by atomic mass is 16.1. The summed E-state index contributed by atoms with van der Waals surface area (Å²) in [7, 11) is 0. The van der Waals surface area contributed by atoms with Gasteiger partial charge in [-0.05, 0) is 13.3 Å². The maximum Gasteiger partial charge on any atom is 0.290 e. The summed E-state index contributed by atoms with van der Waals surface area (Å²) in [5, 5.41) is 3.02. The minimum absolute atomic E-state index is 0.0126. The third-order valence-corrected chi connectivity index (χ3v) is 2.10. The highest BCUT2D eigenvalue weighted by Crippen LogP contribution is 2.02. The van der Waals surface area contributed by atoms with Crippen LogP contribution in [0.3, 0.4) is 0 Å². The standard InChI is InChI=1S/C9H16N4O/c1-3-7(6(2)10)13-8-9(14)12-5-4-11-8/h4-7H,3,10H2,1-2H3,(H,11,13)(H,12,14). The summed E-state index contributed by atoms with van der Waals surface area (Å²) in [6, 6.07) is 0.0624. The quantitative estimate of drug-likeness (QED) is 0.647. The van der Waals surface area contributed by atoms with Crippen LogP contribution in [0.5, 0.6) is 0 Å². The molecular weight excluding hydrogens is 180 g/mol. The molecule has 1 aromatic heterocycles. The van der Waals surface area contributed by atoms with Crippen molar-refractivity contribution in [3.63, 3.8) is 0 Å². The average molecular weight is 196 g/mol. The Morgan fingerprint density at radius 2 is 2.43 bits per heavy atom. The Morgan fingerprint density at radius 3 is 2.93 bits per heavy atom. The molecule has 78 valence electrons. The number of nitrogens with zero attached hydrogens (tertiary/aromatic N) is 1. The fraction of sp³-hybridized carbons (Fsp3) is 0.556. The first-order valence-corrected chi connectivity index (χ1v) is 4.71. The van der Waals surface area contributed by atoms with E-state index in [1.807, 2.05) is 13.8 Å². The van der Waals surface area contributed by atoms with Gasteiger partial charge in [-0.25, -0.2) is 4.98 Å². The topological polar surface area (TPSA) is 83.8 Å². The maximum absolute atomic E-state index is 11.3. The zero-order valence-electron chi connectivity index (χ0n) is 8.45. The molecule has 0 saturated carbocycles. The van der Waals surface area contributed by atoms with Crippen LogP contribution in [0.4, 0.5) is 5.82 Å². The van der Waals surface area contributed by atoms with Crippen LogP contribution in [0, 0.1) is 0 Å². The Morgan fingerprint density at radius 1 is 1.71 bits per heavy atom. The molecule has 14 heavy (non-hydrogen) atoms. The van der Waals surface area contributed by atoms with Crippen molar-refractivity contribution >= 4 is 5.82 Å². The maximum atomic E-state index is 11.3. The van der Waals surface area contributed by atoms with Crippen molar-refractivity contribution in [3.05, 3.63) is 22.7 Å². The molecule has 0 bridgehead atoms. The zero-order valence-corrected chi connectivity index (χ0v) is 8.45. The van der Waals surface area contributed by atoms with Gasteiger partial charge in [-0.15, -0.1) is 0 Å². The number of hydrogen-bond acceptors (Lipinski definition) is 4. The molecule has 0 spiro atoms. The van der Waals surface area contributed by atoms with Crippen LogP contribution < -0.4 is 16.6 Å². The number of nitrogens with one attached hydrogen (secondary N) is 2. The van der Waals surface area contributed by atoms with E-state index in [1.54, 1.807) is 0 Å². The Hall–Kier alpha value is -1.36. The summed E-state index contributed by atoms with van der Waals surface area (Å²) in [4.78, 5) is 17.8. The molecule has 4 N–H and O–H groups in total. The number of hydrogen-bond donors (Lipinski definition) is 3. The van der Waals surface area contributed by atoms with Crippen LogP contribution in [0.25, 0.3) is 0 Å². The van der Waals surface area contributed by atoms with Crippen LogP contribution >= 0.6 is 0 Å². The Balaban J connectivity index is 2.77. The van der Waals surface area contributed by atoms with Crippen molar-refractivity contribution in [3.8, 4) is 0 Å². The van der Waals surface area contributed by atoms with Crippen LogP contribution in [0.15, 0.2) is 17.2 Å². The van der Waals surface area contributed by atoms with Crippen molar-refractivity contribution in [2.75, 3.05) is 5.32 Å². The van der Waals surface area contributed by atoms with Gasteiger partial charge in [0.25, 0.3) is 5.56 Å². The third kappa shape index (κ3) is 2.56. The lowest BCUT2D eigenvalue weighted by molar-refractivity contribution is 0.576. The number of aromatic nitrogens is 2. The van der Waals surface area contributed by atoms with Gasteiger partial charge in [-0.3, -0.25) is 4.79 Å². The summed E-state index contributed by atoms with van der Waals surface area (Å²) in [6.45, 7) is 3.91. The van der Waals surface area contributed by atoms with Crippen molar-refractivity contribution in [1.82, 2.24) is 9.97 Å². The first kappa shape index (κ1) is 10.7. The lowest BCUT2D eigenvalue weighted by Crippen LogP contribution is -2.39. The van der Waals surface area contributed by atoms with E-state index in [0.717, 1.165) is 6.42 Å². The molecule has 0 amide bonds. The number of aromatic amines is 1. The van der Waals surface area contributed by atoms with Crippen LogP contribution in [0.1, 0.15) is 20.3 Å². The predicted octanol–water partition coefficient (Wildman–Crippen LogP) is 0.308. The van der Waals surface area contributed by atoms with E-state index in [2.05, 4.69) is 15.3 Å². The van der Waals surface area contributed by atoms with E-state index in [9.17, 15) is 4.79 Å². The largest absolute Gasteiger partial charge is 0.361 e. The van der Waals surface area contributed by atoms with Gasteiger partial charge in [0.1, 0.15) is 0 Å². The van der Waals surface area contributed by atoms with E-state index < -0.39 is 0 Å². The van der Waals surface area contributed by atoms with Crippen LogP contribution in [-0.2, 0) is 0 Å². The van der Waals surface area contributed by atoms with Gasteiger partial charge < -0.3 is 16.0 Å². The molecule has 1 rings (SSSR count). The molecule has 5 heteroatoms. The molecule has 0 saturated heterocycles. The SMILES string of the molecule is CCC(Nc1ncc[nH]c1=O)C(C)N. The van der Waals surface area contributed by atoms with E-state index in [1.165, 1.54) is 12.4 Å². The highest BCUT2D eigenvalue weighted by Gasteiger charge is 2.12. The first-order valence-electron chi connectivity index (χ1n) is 4.71. The summed E-state index contributed by atoms with van der Waals surface area (Å²) < 4.78 is 0.